The van der Waals surface area contributed by atoms with Crippen LogP contribution in [-0.2, 0) is 4.79 Å². The number of piperidine rings is 2. The second-order valence-electron chi connectivity index (χ2n) is 8.75. The topological polar surface area (TPSA) is 52.7 Å². The Morgan fingerprint density at radius 2 is 1.73 bits per heavy atom. The number of halogens is 1. The standard InChI is InChI=1S/C24H37N3O2.ClH/c1-3-15-27(23(28)18-19(2)20-9-13-25-14-10-20)22-11-16-26(17-12-22)24(29)21-7-5-4-6-8-21;/h4-8,19-20,22,25H,3,9-18H2,1-2H3;1H. The molecule has 0 radical (unpaired) electrons. The molecular formula is C24H38ClN3O2. The van der Waals surface area contributed by atoms with Crippen LogP contribution in [0.4, 0.5) is 0 Å². The van der Waals surface area contributed by atoms with Crippen LogP contribution in [0.5, 0.6) is 0 Å². The number of amides is 2. The van der Waals surface area contributed by atoms with Crippen molar-refractivity contribution in [2.75, 3.05) is 32.7 Å². The molecule has 5 nitrogen and oxygen atoms in total. The largest absolute Gasteiger partial charge is 0.340 e. The van der Waals surface area contributed by atoms with E-state index in [1.807, 2.05) is 35.2 Å². The van der Waals surface area contributed by atoms with Gasteiger partial charge in [0.1, 0.15) is 0 Å². The first-order chi connectivity index (χ1) is 14.1. The molecule has 0 aromatic heterocycles. The Labute approximate surface area is 188 Å². The van der Waals surface area contributed by atoms with Crippen molar-refractivity contribution in [2.45, 2.75) is 58.4 Å². The number of rotatable bonds is 7. The molecule has 0 spiro atoms. The Hall–Kier alpha value is -1.59. The van der Waals surface area contributed by atoms with Gasteiger partial charge in [-0.25, -0.2) is 0 Å². The lowest BCUT2D eigenvalue weighted by molar-refractivity contribution is -0.135. The summed E-state index contributed by atoms with van der Waals surface area (Å²) in [7, 11) is 0. The third-order valence-electron chi connectivity index (χ3n) is 6.68. The number of carbonyl (C=O) groups excluding carboxylic acids is 2. The predicted molar refractivity (Wildman–Crippen MR) is 124 cm³/mol. The maximum atomic E-state index is 13.2. The minimum atomic E-state index is 0. The highest BCUT2D eigenvalue weighted by Crippen LogP contribution is 2.27. The summed E-state index contributed by atoms with van der Waals surface area (Å²) in [6.45, 7) is 8.84. The van der Waals surface area contributed by atoms with Gasteiger partial charge in [0, 0.05) is 37.7 Å². The summed E-state index contributed by atoms with van der Waals surface area (Å²) in [5, 5.41) is 3.42. The predicted octanol–water partition coefficient (Wildman–Crippen LogP) is 3.98. The van der Waals surface area contributed by atoms with Crippen molar-refractivity contribution in [3.8, 4) is 0 Å². The monoisotopic (exact) mass is 435 g/mol. The quantitative estimate of drug-likeness (QED) is 0.704. The second kappa shape index (κ2) is 12.3. The van der Waals surface area contributed by atoms with Crippen LogP contribution in [0.2, 0.25) is 0 Å². The van der Waals surface area contributed by atoms with Gasteiger partial charge in [0.05, 0.1) is 0 Å². The first-order valence-electron chi connectivity index (χ1n) is 11.4. The molecule has 3 rings (SSSR count). The minimum absolute atomic E-state index is 0. The molecule has 30 heavy (non-hydrogen) atoms. The van der Waals surface area contributed by atoms with E-state index < -0.39 is 0 Å². The van der Waals surface area contributed by atoms with Crippen LogP contribution in [0.1, 0.15) is 62.7 Å². The van der Waals surface area contributed by atoms with E-state index in [-0.39, 0.29) is 24.4 Å². The van der Waals surface area contributed by atoms with Crippen LogP contribution in [0.3, 0.4) is 0 Å². The van der Waals surface area contributed by atoms with Gasteiger partial charge in [0.15, 0.2) is 0 Å². The Bertz CT molecular complexity index is 656. The molecular weight excluding hydrogens is 398 g/mol. The fourth-order valence-corrected chi connectivity index (χ4v) is 4.87. The zero-order valence-corrected chi connectivity index (χ0v) is 19.3. The number of likely N-dealkylation sites (tertiary alicyclic amines) is 1. The van der Waals surface area contributed by atoms with E-state index in [0.717, 1.165) is 57.5 Å². The molecule has 1 atom stereocenters. The number of nitrogens with one attached hydrogen (secondary N) is 1. The third kappa shape index (κ3) is 6.45. The van der Waals surface area contributed by atoms with E-state index in [0.29, 0.717) is 24.2 Å². The van der Waals surface area contributed by atoms with Gasteiger partial charge < -0.3 is 15.1 Å². The maximum Gasteiger partial charge on any atom is 0.253 e. The van der Waals surface area contributed by atoms with Gasteiger partial charge in [-0.3, -0.25) is 9.59 Å². The minimum Gasteiger partial charge on any atom is -0.340 e. The van der Waals surface area contributed by atoms with Gasteiger partial charge in [-0.1, -0.05) is 32.0 Å². The van der Waals surface area contributed by atoms with E-state index in [1.165, 1.54) is 12.8 Å². The summed E-state index contributed by atoms with van der Waals surface area (Å²) in [6, 6.07) is 9.77. The fourth-order valence-electron chi connectivity index (χ4n) is 4.87. The molecule has 1 aromatic rings. The van der Waals surface area contributed by atoms with Crippen molar-refractivity contribution in [1.82, 2.24) is 15.1 Å². The first kappa shape index (κ1) is 24.7. The number of nitrogens with zero attached hydrogens (tertiary/aromatic N) is 2. The Morgan fingerprint density at radius 3 is 2.33 bits per heavy atom. The Balaban J connectivity index is 0.00000320. The van der Waals surface area contributed by atoms with Crippen LogP contribution in [0.25, 0.3) is 0 Å². The van der Waals surface area contributed by atoms with E-state index in [9.17, 15) is 9.59 Å². The molecule has 2 saturated heterocycles. The van der Waals surface area contributed by atoms with Crippen LogP contribution in [0.15, 0.2) is 30.3 Å². The van der Waals surface area contributed by atoms with Gasteiger partial charge >= 0.3 is 0 Å². The number of hydrogen-bond donors (Lipinski definition) is 1. The Morgan fingerprint density at radius 1 is 1.10 bits per heavy atom. The number of benzene rings is 1. The van der Waals surface area contributed by atoms with Crippen molar-refractivity contribution < 1.29 is 9.59 Å². The average molecular weight is 436 g/mol. The molecule has 1 aromatic carbocycles. The van der Waals surface area contributed by atoms with E-state index in [4.69, 9.17) is 0 Å². The van der Waals surface area contributed by atoms with Crippen molar-refractivity contribution in [1.29, 1.82) is 0 Å². The summed E-state index contributed by atoms with van der Waals surface area (Å²) in [6.07, 6.45) is 5.77. The smallest absolute Gasteiger partial charge is 0.253 e. The molecule has 0 saturated carbocycles. The van der Waals surface area contributed by atoms with Crippen molar-refractivity contribution >= 4 is 24.2 Å². The van der Waals surface area contributed by atoms with Crippen molar-refractivity contribution in [3.05, 3.63) is 35.9 Å². The zero-order valence-electron chi connectivity index (χ0n) is 18.5. The molecule has 1 N–H and O–H groups in total. The van der Waals surface area contributed by atoms with Crippen LogP contribution in [0, 0.1) is 11.8 Å². The molecule has 6 heteroatoms. The van der Waals surface area contributed by atoms with Gasteiger partial charge in [-0.05, 0) is 69.2 Å². The van der Waals surface area contributed by atoms with Crippen LogP contribution in [-0.4, -0.2) is 60.4 Å². The lowest BCUT2D eigenvalue weighted by Gasteiger charge is -2.39. The molecule has 2 aliphatic heterocycles. The van der Waals surface area contributed by atoms with Crippen molar-refractivity contribution in [3.63, 3.8) is 0 Å². The Kier molecular flexibility index (Phi) is 10.1. The number of carbonyl (C=O) groups is 2. The molecule has 168 valence electrons. The molecule has 2 aliphatic rings. The average Bonchev–Trinajstić information content (AvgIpc) is 2.78. The summed E-state index contributed by atoms with van der Waals surface area (Å²) in [5.74, 6) is 1.53. The SMILES string of the molecule is CCCN(C(=O)CC(C)C1CCNCC1)C1CCN(C(=O)c2ccccc2)CC1.Cl. The summed E-state index contributed by atoms with van der Waals surface area (Å²) in [5.41, 5.74) is 0.753. The highest BCUT2D eigenvalue weighted by atomic mass is 35.5. The van der Waals surface area contributed by atoms with E-state index in [1.54, 1.807) is 0 Å². The van der Waals surface area contributed by atoms with Gasteiger partial charge in [0.25, 0.3) is 5.91 Å². The lowest BCUT2D eigenvalue weighted by Crippen LogP contribution is -2.49. The van der Waals surface area contributed by atoms with Crippen molar-refractivity contribution in [2.24, 2.45) is 11.8 Å². The number of hydrogen-bond acceptors (Lipinski definition) is 3. The van der Waals surface area contributed by atoms with E-state index >= 15 is 0 Å². The fraction of sp³-hybridized carbons (Fsp3) is 0.667. The summed E-state index contributed by atoms with van der Waals surface area (Å²) in [4.78, 5) is 29.9. The van der Waals surface area contributed by atoms with E-state index in [2.05, 4.69) is 24.1 Å². The van der Waals surface area contributed by atoms with Gasteiger partial charge in [0.2, 0.25) is 5.91 Å². The van der Waals surface area contributed by atoms with Gasteiger partial charge in [-0.15, -0.1) is 12.4 Å². The van der Waals surface area contributed by atoms with Crippen LogP contribution < -0.4 is 5.32 Å². The lowest BCUT2D eigenvalue weighted by atomic mass is 9.83. The maximum absolute atomic E-state index is 13.2. The summed E-state index contributed by atoms with van der Waals surface area (Å²) >= 11 is 0. The molecule has 0 bridgehead atoms. The third-order valence-corrected chi connectivity index (χ3v) is 6.68. The molecule has 1 unspecified atom stereocenters. The normalized spacial score (nSPS) is 19.1. The molecule has 0 aliphatic carbocycles. The molecule has 2 fully saturated rings. The highest BCUT2D eigenvalue weighted by molar-refractivity contribution is 5.94. The highest BCUT2D eigenvalue weighted by Gasteiger charge is 2.31. The molecule has 2 heterocycles. The first-order valence-corrected chi connectivity index (χ1v) is 11.4. The van der Waals surface area contributed by atoms with Crippen LogP contribution >= 0.6 is 12.4 Å². The second-order valence-corrected chi connectivity index (χ2v) is 8.75. The zero-order chi connectivity index (χ0) is 20.6. The van der Waals surface area contributed by atoms with Gasteiger partial charge in [-0.2, -0.15) is 0 Å². The summed E-state index contributed by atoms with van der Waals surface area (Å²) < 4.78 is 0. The molecule has 2 amide bonds.